The van der Waals surface area contributed by atoms with Crippen LogP contribution in [-0.2, 0) is 4.79 Å². The third-order valence-corrected chi connectivity index (χ3v) is 4.70. The van der Waals surface area contributed by atoms with E-state index in [0.717, 1.165) is 17.5 Å². The Morgan fingerprint density at radius 1 is 1.12 bits per heavy atom. The standard InChI is InChI=1S/C20H22Cl2N2O2/c1-4-10-24(20(26)16-7-5-6-13(2)14(16)3)12-19(25)23-18-9-8-15(21)11-17(18)22/h5-9,11H,4,10,12H2,1-3H3,(H,23,25). The lowest BCUT2D eigenvalue weighted by molar-refractivity contribution is -0.116. The first-order valence-electron chi connectivity index (χ1n) is 8.43. The lowest BCUT2D eigenvalue weighted by Crippen LogP contribution is -2.39. The number of carbonyl (C=O) groups excluding carboxylic acids is 2. The zero-order valence-corrected chi connectivity index (χ0v) is 16.6. The van der Waals surface area contributed by atoms with E-state index in [2.05, 4.69) is 5.32 Å². The molecular formula is C20H22Cl2N2O2. The van der Waals surface area contributed by atoms with Crippen molar-refractivity contribution in [2.75, 3.05) is 18.4 Å². The Morgan fingerprint density at radius 2 is 1.85 bits per heavy atom. The van der Waals surface area contributed by atoms with Crippen molar-refractivity contribution in [3.8, 4) is 0 Å². The van der Waals surface area contributed by atoms with Crippen molar-refractivity contribution in [3.63, 3.8) is 0 Å². The van der Waals surface area contributed by atoms with Gasteiger partial charge in [0.15, 0.2) is 0 Å². The van der Waals surface area contributed by atoms with Crippen LogP contribution in [-0.4, -0.2) is 29.8 Å². The molecule has 0 aliphatic carbocycles. The Hall–Kier alpha value is -2.04. The van der Waals surface area contributed by atoms with Crippen LogP contribution in [0.3, 0.4) is 0 Å². The van der Waals surface area contributed by atoms with Crippen molar-refractivity contribution < 1.29 is 9.59 Å². The van der Waals surface area contributed by atoms with E-state index < -0.39 is 0 Å². The molecule has 0 unspecified atom stereocenters. The monoisotopic (exact) mass is 392 g/mol. The Kier molecular flexibility index (Phi) is 7.06. The zero-order valence-electron chi connectivity index (χ0n) is 15.1. The van der Waals surface area contributed by atoms with E-state index in [9.17, 15) is 9.59 Å². The highest BCUT2D eigenvalue weighted by atomic mass is 35.5. The molecule has 0 spiro atoms. The number of carbonyl (C=O) groups is 2. The van der Waals surface area contributed by atoms with Crippen LogP contribution >= 0.6 is 23.2 Å². The normalized spacial score (nSPS) is 10.5. The molecule has 138 valence electrons. The highest BCUT2D eigenvalue weighted by Crippen LogP contribution is 2.25. The van der Waals surface area contributed by atoms with E-state index in [0.29, 0.717) is 27.8 Å². The Bertz CT molecular complexity index is 821. The average Bonchev–Trinajstić information content (AvgIpc) is 2.59. The third kappa shape index (κ3) is 4.99. The SMILES string of the molecule is CCCN(CC(=O)Nc1ccc(Cl)cc1Cl)C(=O)c1cccc(C)c1C. The van der Waals surface area contributed by atoms with Crippen molar-refractivity contribution >= 4 is 40.7 Å². The third-order valence-electron chi connectivity index (χ3n) is 4.16. The molecule has 2 aromatic rings. The molecule has 2 aromatic carbocycles. The number of benzene rings is 2. The maximum Gasteiger partial charge on any atom is 0.254 e. The molecule has 0 fully saturated rings. The molecule has 0 radical (unpaired) electrons. The molecular weight excluding hydrogens is 371 g/mol. The largest absolute Gasteiger partial charge is 0.329 e. The minimum absolute atomic E-state index is 0.0426. The number of anilines is 1. The number of nitrogens with one attached hydrogen (secondary N) is 1. The molecule has 0 aliphatic heterocycles. The molecule has 0 saturated heterocycles. The first-order valence-corrected chi connectivity index (χ1v) is 9.19. The van der Waals surface area contributed by atoms with Gasteiger partial charge in [-0.2, -0.15) is 0 Å². The summed E-state index contributed by atoms with van der Waals surface area (Å²) < 4.78 is 0. The van der Waals surface area contributed by atoms with Gasteiger partial charge in [0.05, 0.1) is 10.7 Å². The van der Waals surface area contributed by atoms with Crippen molar-refractivity contribution in [1.82, 2.24) is 4.90 Å². The fourth-order valence-corrected chi connectivity index (χ4v) is 3.09. The molecule has 0 aromatic heterocycles. The lowest BCUT2D eigenvalue weighted by Gasteiger charge is -2.23. The predicted octanol–water partition coefficient (Wildman–Crippen LogP) is 5.10. The number of nitrogens with zero attached hydrogens (tertiary/aromatic N) is 1. The predicted molar refractivity (Wildman–Crippen MR) is 107 cm³/mol. The molecule has 0 heterocycles. The van der Waals surface area contributed by atoms with Crippen LogP contribution in [0.1, 0.15) is 34.8 Å². The fourth-order valence-electron chi connectivity index (χ4n) is 2.63. The van der Waals surface area contributed by atoms with Gasteiger partial charge < -0.3 is 10.2 Å². The minimum Gasteiger partial charge on any atom is -0.329 e. The number of hydrogen-bond acceptors (Lipinski definition) is 2. The summed E-state index contributed by atoms with van der Waals surface area (Å²) in [7, 11) is 0. The first-order chi connectivity index (χ1) is 12.3. The smallest absolute Gasteiger partial charge is 0.254 e. The second kappa shape index (κ2) is 9.06. The van der Waals surface area contributed by atoms with E-state index in [1.165, 1.54) is 0 Å². The molecule has 0 bridgehead atoms. The van der Waals surface area contributed by atoms with E-state index in [4.69, 9.17) is 23.2 Å². The summed E-state index contributed by atoms with van der Waals surface area (Å²) in [6.07, 6.45) is 0.756. The number of aryl methyl sites for hydroxylation is 1. The van der Waals surface area contributed by atoms with E-state index in [-0.39, 0.29) is 18.4 Å². The molecule has 2 rings (SSSR count). The fraction of sp³-hybridized carbons (Fsp3) is 0.300. The zero-order chi connectivity index (χ0) is 19.3. The highest BCUT2D eigenvalue weighted by molar-refractivity contribution is 6.36. The first kappa shape index (κ1) is 20.3. The molecule has 1 N–H and O–H groups in total. The second-order valence-electron chi connectivity index (χ2n) is 6.15. The van der Waals surface area contributed by atoms with Gasteiger partial charge in [-0.25, -0.2) is 0 Å². The molecule has 26 heavy (non-hydrogen) atoms. The Balaban J connectivity index is 2.15. The van der Waals surface area contributed by atoms with Crippen LogP contribution in [0, 0.1) is 13.8 Å². The van der Waals surface area contributed by atoms with E-state index >= 15 is 0 Å². The van der Waals surface area contributed by atoms with Gasteiger partial charge in [-0.05, 0) is 55.7 Å². The number of amides is 2. The Morgan fingerprint density at radius 3 is 2.50 bits per heavy atom. The van der Waals surface area contributed by atoms with E-state index in [1.54, 1.807) is 29.2 Å². The second-order valence-corrected chi connectivity index (χ2v) is 6.99. The maximum atomic E-state index is 12.9. The average molecular weight is 393 g/mol. The van der Waals surface area contributed by atoms with Crippen LogP contribution in [0.15, 0.2) is 36.4 Å². The molecule has 0 atom stereocenters. The minimum atomic E-state index is -0.304. The summed E-state index contributed by atoms with van der Waals surface area (Å²) >= 11 is 12.0. The molecule has 4 nitrogen and oxygen atoms in total. The quantitative estimate of drug-likeness (QED) is 0.742. The van der Waals surface area contributed by atoms with Crippen molar-refractivity contribution in [3.05, 3.63) is 63.1 Å². The summed E-state index contributed by atoms with van der Waals surface area (Å²) in [5.74, 6) is -0.452. The van der Waals surface area contributed by atoms with Gasteiger partial charge in [-0.15, -0.1) is 0 Å². The van der Waals surface area contributed by atoms with E-state index in [1.807, 2.05) is 32.9 Å². The van der Waals surface area contributed by atoms with Gasteiger partial charge >= 0.3 is 0 Å². The topological polar surface area (TPSA) is 49.4 Å². The summed E-state index contributed by atoms with van der Waals surface area (Å²) in [4.78, 5) is 26.9. The van der Waals surface area contributed by atoms with Crippen LogP contribution in [0.4, 0.5) is 5.69 Å². The number of halogens is 2. The van der Waals surface area contributed by atoms with Gasteiger partial charge in [0.1, 0.15) is 6.54 Å². The summed E-state index contributed by atoms with van der Waals surface area (Å²) in [5.41, 5.74) is 3.07. The van der Waals surface area contributed by atoms with Crippen LogP contribution in [0.5, 0.6) is 0 Å². The highest BCUT2D eigenvalue weighted by Gasteiger charge is 2.20. The summed E-state index contributed by atoms with van der Waals surface area (Å²) in [6, 6.07) is 10.5. The van der Waals surface area contributed by atoms with Gasteiger partial charge in [-0.1, -0.05) is 42.3 Å². The van der Waals surface area contributed by atoms with Crippen molar-refractivity contribution in [2.24, 2.45) is 0 Å². The number of rotatable bonds is 6. The van der Waals surface area contributed by atoms with Crippen LogP contribution in [0.2, 0.25) is 10.0 Å². The molecule has 6 heteroatoms. The van der Waals surface area contributed by atoms with Crippen LogP contribution in [0.25, 0.3) is 0 Å². The van der Waals surface area contributed by atoms with Crippen molar-refractivity contribution in [1.29, 1.82) is 0 Å². The summed E-state index contributed by atoms with van der Waals surface area (Å²) in [5, 5.41) is 3.58. The summed E-state index contributed by atoms with van der Waals surface area (Å²) in [6.45, 7) is 6.30. The maximum absolute atomic E-state index is 12.9. The van der Waals surface area contributed by atoms with Crippen molar-refractivity contribution in [2.45, 2.75) is 27.2 Å². The van der Waals surface area contributed by atoms with Gasteiger partial charge in [-0.3, -0.25) is 9.59 Å². The lowest BCUT2D eigenvalue weighted by atomic mass is 10.0. The van der Waals surface area contributed by atoms with Gasteiger partial charge in [0.25, 0.3) is 5.91 Å². The molecule has 0 aliphatic rings. The molecule has 0 saturated carbocycles. The molecule has 2 amide bonds. The van der Waals surface area contributed by atoms with Crippen LogP contribution < -0.4 is 5.32 Å². The Labute approximate surface area is 164 Å². The van der Waals surface area contributed by atoms with Gasteiger partial charge in [0, 0.05) is 17.1 Å². The number of hydrogen-bond donors (Lipinski definition) is 1. The van der Waals surface area contributed by atoms with Gasteiger partial charge in [0.2, 0.25) is 5.91 Å².